The molecule has 1 saturated carbocycles. The van der Waals surface area contributed by atoms with Gasteiger partial charge in [0.05, 0.1) is 12.7 Å². The minimum absolute atomic E-state index is 0.290. The highest BCUT2D eigenvalue weighted by Crippen LogP contribution is 2.41. The van der Waals surface area contributed by atoms with Gasteiger partial charge in [0.15, 0.2) is 0 Å². The maximum atomic E-state index is 10.0. The summed E-state index contributed by atoms with van der Waals surface area (Å²) in [5.41, 5.74) is 2.14. The van der Waals surface area contributed by atoms with Gasteiger partial charge in [0, 0.05) is 7.11 Å². The van der Waals surface area contributed by atoms with Crippen molar-refractivity contribution in [2.75, 3.05) is 7.11 Å². The second-order valence-corrected chi connectivity index (χ2v) is 3.91. The van der Waals surface area contributed by atoms with Crippen LogP contribution in [0.25, 0.3) is 0 Å². The summed E-state index contributed by atoms with van der Waals surface area (Å²) in [4.78, 5) is 0. The lowest BCUT2D eigenvalue weighted by atomic mass is 10.00. The van der Waals surface area contributed by atoms with E-state index in [-0.39, 0.29) is 6.10 Å². The third-order valence-corrected chi connectivity index (χ3v) is 2.74. The summed E-state index contributed by atoms with van der Waals surface area (Å²) in [7, 11) is 1.68. The fourth-order valence-corrected chi connectivity index (χ4v) is 1.78. The van der Waals surface area contributed by atoms with Crippen molar-refractivity contribution in [2.45, 2.75) is 25.6 Å². The lowest BCUT2D eigenvalue weighted by Gasteiger charge is -2.14. The number of ether oxygens (including phenoxy) is 1. The Kier molecular flexibility index (Phi) is 2.85. The van der Waals surface area contributed by atoms with Crippen LogP contribution in [-0.2, 0) is 11.3 Å². The Morgan fingerprint density at radius 2 is 2.14 bits per heavy atom. The summed E-state index contributed by atoms with van der Waals surface area (Å²) in [5, 5.41) is 10.0. The van der Waals surface area contributed by atoms with Crippen LogP contribution in [0.2, 0.25) is 0 Å². The molecule has 0 saturated heterocycles. The first-order chi connectivity index (χ1) is 6.83. The van der Waals surface area contributed by atoms with Crippen molar-refractivity contribution in [2.24, 2.45) is 5.92 Å². The first kappa shape index (κ1) is 9.69. The zero-order valence-corrected chi connectivity index (χ0v) is 8.44. The van der Waals surface area contributed by atoms with E-state index in [1.807, 2.05) is 24.3 Å². The Bertz CT molecular complexity index is 305. The number of hydrogen-bond acceptors (Lipinski definition) is 2. The second-order valence-electron chi connectivity index (χ2n) is 3.91. The molecule has 1 fully saturated rings. The van der Waals surface area contributed by atoms with E-state index in [4.69, 9.17) is 4.74 Å². The van der Waals surface area contributed by atoms with Crippen LogP contribution in [0.15, 0.2) is 24.3 Å². The largest absolute Gasteiger partial charge is 0.388 e. The van der Waals surface area contributed by atoms with Gasteiger partial charge in [-0.25, -0.2) is 0 Å². The van der Waals surface area contributed by atoms with Crippen LogP contribution in [0.3, 0.4) is 0 Å². The van der Waals surface area contributed by atoms with E-state index in [1.165, 1.54) is 0 Å². The van der Waals surface area contributed by atoms with Crippen molar-refractivity contribution >= 4 is 0 Å². The molecule has 1 aliphatic rings. The zero-order chi connectivity index (χ0) is 9.97. The fourth-order valence-electron chi connectivity index (χ4n) is 1.78. The maximum Gasteiger partial charge on any atom is 0.0821 e. The van der Waals surface area contributed by atoms with Gasteiger partial charge in [-0.2, -0.15) is 0 Å². The molecule has 0 unspecified atom stereocenters. The standard InChI is InChI=1S/C12H16O2/c1-14-8-10-4-2-3-5-11(10)12(13)9-6-7-9/h2-5,9,12-13H,6-8H2,1H3/t12-/m1/s1. The van der Waals surface area contributed by atoms with Crippen LogP contribution in [0.5, 0.6) is 0 Å². The Morgan fingerprint density at radius 3 is 2.79 bits per heavy atom. The first-order valence-corrected chi connectivity index (χ1v) is 5.07. The van der Waals surface area contributed by atoms with Crippen molar-refractivity contribution in [3.8, 4) is 0 Å². The van der Waals surface area contributed by atoms with Crippen LogP contribution in [0, 0.1) is 5.92 Å². The lowest BCUT2D eigenvalue weighted by Crippen LogP contribution is -2.04. The van der Waals surface area contributed by atoms with Crippen LogP contribution in [-0.4, -0.2) is 12.2 Å². The van der Waals surface area contributed by atoms with Gasteiger partial charge >= 0.3 is 0 Å². The summed E-state index contributed by atoms with van der Waals surface area (Å²) in [6.07, 6.45) is 2.02. The monoisotopic (exact) mass is 192 g/mol. The molecule has 2 rings (SSSR count). The topological polar surface area (TPSA) is 29.5 Å². The number of methoxy groups -OCH3 is 1. The molecule has 0 radical (unpaired) electrons. The van der Waals surface area contributed by atoms with Gasteiger partial charge in [0.25, 0.3) is 0 Å². The molecule has 1 aromatic rings. The van der Waals surface area contributed by atoms with Crippen LogP contribution < -0.4 is 0 Å². The van der Waals surface area contributed by atoms with E-state index >= 15 is 0 Å². The molecule has 1 aromatic carbocycles. The van der Waals surface area contributed by atoms with Crippen LogP contribution >= 0.6 is 0 Å². The van der Waals surface area contributed by atoms with E-state index in [2.05, 4.69) is 0 Å². The molecule has 1 aliphatic carbocycles. The third kappa shape index (κ3) is 1.97. The number of rotatable bonds is 4. The molecular weight excluding hydrogens is 176 g/mol. The predicted molar refractivity (Wildman–Crippen MR) is 54.8 cm³/mol. The minimum Gasteiger partial charge on any atom is -0.388 e. The lowest BCUT2D eigenvalue weighted by molar-refractivity contribution is 0.144. The van der Waals surface area contributed by atoms with E-state index in [9.17, 15) is 5.11 Å². The van der Waals surface area contributed by atoms with E-state index in [0.717, 1.165) is 24.0 Å². The average molecular weight is 192 g/mol. The number of benzene rings is 1. The highest BCUT2D eigenvalue weighted by atomic mass is 16.5. The van der Waals surface area contributed by atoms with Gasteiger partial charge in [0.1, 0.15) is 0 Å². The Labute approximate surface area is 84.5 Å². The summed E-state index contributed by atoms with van der Waals surface area (Å²) in [6, 6.07) is 7.97. The molecule has 0 aliphatic heterocycles. The molecule has 0 amide bonds. The van der Waals surface area contributed by atoms with Crippen molar-refractivity contribution in [1.29, 1.82) is 0 Å². The zero-order valence-electron chi connectivity index (χ0n) is 8.44. The van der Waals surface area contributed by atoms with E-state index in [1.54, 1.807) is 7.11 Å². The molecule has 0 aromatic heterocycles. The molecule has 2 heteroatoms. The molecule has 76 valence electrons. The van der Waals surface area contributed by atoms with E-state index in [0.29, 0.717) is 12.5 Å². The molecule has 2 nitrogen and oxygen atoms in total. The molecule has 0 bridgehead atoms. The fraction of sp³-hybridized carbons (Fsp3) is 0.500. The van der Waals surface area contributed by atoms with Crippen LogP contribution in [0.1, 0.15) is 30.1 Å². The highest BCUT2D eigenvalue weighted by Gasteiger charge is 2.31. The average Bonchev–Trinajstić information content (AvgIpc) is 3.01. The molecule has 14 heavy (non-hydrogen) atoms. The summed E-state index contributed by atoms with van der Waals surface area (Å²) < 4.78 is 5.11. The van der Waals surface area contributed by atoms with Crippen LogP contribution in [0.4, 0.5) is 0 Å². The number of hydrogen-bond donors (Lipinski definition) is 1. The van der Waals surface area contributed by atoms with Gasteiger partial charge < -0.3 is 9.84 Å². The second kappa shape index (κ2) is 4.11. The first-order valence-electron chi connectivity index (χ1n) is 5.07. The van der Waals surface area contributed by atoms with Gasteiger partial charge in [-0.15, -0.1) is 0 Å². The Hall–Kier alpha value is -0.860. The van der Waals surface area contributed by atoms with Crippen molar-refractivity contribution < 1.29 is 9.84 Å². The maximum absolute atomic E-state index is 10.0. The molecule has 0 spiro atoms. The normalized spacial score (nSPS) is 18.1. The van der Waals surface area contributed by atoms with Gasteiger partial charge in [-0.1, -0.05) is 24.3 Å². The Morgan fingerprint density at radius 1 is 1.43 bits per heavy atom. The summed E-state index contributed by atoms with van der Waals surface area (Å²) in [5.74, 6) is 0.480. The SMILES string of the molecule is COCc1ccccc1[C@H](O)C1CC1. The van der Waals surface area contributed by atoms with Gasteiger partial charge in [-0.3, -0.25) is 0 Å². The molecule has 1 N–H and O–H groups in total. The quantitative estimate of drug-likeness (QED) is 0.793. The van der Waals surface area contributed by atoms with Crippen molar-refractivity contribution in [3.05, 3.63) is 35.4 Å². The highest BCUT2D eigenvalue weighted by molar-refractivity contribution is 5.29. The minimum atomic E-state index is -0.290. The number of aliphatic hydroxyl groups is 1. The third-order valence-electron chi connectivity index (χ3n) is 2.74. The van der Waals surface area contributed by atoms with E-state index < -0.39 is 0 Å². The Balaban J connectivity index is 2.20. The number of aliphatic hydroxyl groups excluding tert-OH is 1. The van der Waals surface area contributed by atoms with Gasteiger partial charge in [0.2, 0.25) is 0 Å². The summed E-state index contributed by atoms with van der Waals surface area (Å²) >= 11 is 0. The van der Waals surface area contributed by atoms with Gasteiger partial charge in [-0.05, 0) is 29.9 Å². The predicted octanol–water partition coefficient (Wildman–Crippen LogP) is 2.28. The molecule has 1 atom stereocenters. The molecule has 0 heterocycles. The molecular formula is C12H16O2. The van der Waals surface area contributed by atoms with Crippen molar-refractivity contribution in [3.63, 3.8) is 0 Å². The smallest absolute Gasteiger partial charge is 0.0821 e. The summed E-state index contributed by atoms with van der Waals surface area (Å²) in [6.45, 7) is 0.583. The van der Waals surface area contributed by atoms with Crippen molar-refractivity contribution in [1.82, 2.24) is 0 Å².